The van der Waals surface area contributed by atoms with Gasteiger partial charge in [0.2, 0.25) is 5.60 Å². The number of para-hydroxylation sites is 1. The second-order valence-electron chi connectivity index (χ2n) is 19.3. The summed E-state index contributed by atoms with van der Waals surface area (Å²) in [5, 5.41) is 35.8. The zero-order chi connectivity index (χ0) is 45.6. The van der Waals surface area contributed by atoms with Gasteiger partial charge in [0.25, 0.3) is 0 Å². The van der Waals surface area contributed by atoms with E-state index in [-0.39, 0.29) is 5.92 Å². The van der Waals surface area contributed by atoms with Crippen LogP contribution in [0.5, 0.6) is 5.75 Å². The molecule has 0 amide bonds. The third-order valence-corrected chi connectivity index (χ3v) is 16.4. The second-order valence-corrected chi connectivity index (χ2v) is 19.3. The quantitative estimate of drug-likeness (QED) is 0.129. The molecule has 2 bridgehead atoms. The Morgan fingerprint density at radius 3 is 2.39 bits per heavy atom. The van der Waals surface area contributed by atoms with E-state index in [0.717, 1.165) is 34.3 Å². The van der Waals surface area contributed by atoms with Gasteiger partial charge in [-0.3, -0.25) is 24.2 Å². The number of fused-ring (bicyclic) bond motifs is 6. The van der Waals surface area contributed by atoms with E-state index in [1.165, 1.54) is 14.2 Å². The normalized spacial score (nSPS) is 35.1. The lowest BCUT2D eigenvalue weighted by Crippen LogP contribution is -2.81. The molecule has 5 aliphatic heterocycles. The molecule has 2 aromatic carbocycles. The van der Waals surface area contributed by atoms with Crippen LogP contribution in [0.3, 0.4) is 0 Å². The molecule has 3 unspecified atom stereocenters. The summed E-state index contributed by atoms with van der Waals surface area (Å²) >= 11 is 0. The number of esters is 3. The molecule has 64 heavy (non-hydrogen) atoms. The number of rotatable bonds is 10. The molecule has 6 heterocycles. The highest BCUT2D eigenvalue weighted by atomic mass is 16.6. The third-order valence-electron chi connectivity index (χ3n) is 16.4. The van der Waals surface area contributed by atoms with Crippen molar-refractivity contribution in [3.63, 3.8) is 0 Å². The lowest BCUT2D eigenvalue weighted by atomic mass is 9.47. The highest BCUT2D eigenvalue weighted by molar-refractivity contribution is 5.95. The standard InChI is InChI=1S/C49H62N4O11/c1-7-45(59)26-29-16-19-47(43(57)62-5,39-31(17-22-52(27-29)28-45)30-12-9-10-13-34(30)50-39)33-24-32-35(25-36(33)61-4)51(3)41-48(32)20-23-53-21-11-18-46(8-2,40(48)53)42(49(41,60)44(58)63-6)64-38(56)15-14-37(54)55/h9-13,18,24-25,29,40-42,50,59-60H,7-8,14-17,19-23,26-28H2,1-6H3,(H,54,55)/t29-,40?,41?,42+,45-,46+,47-,48+,49-/m0/s1. The van der Waals surface area contributed by atoms with E-state index < -0.39 is 82.4 Å². The number of anilines is 1. The minimum absolute atomic E-state index is 0.0781. The number of ether oxygens (including phenoxy) is 4. The maximum Gasteiger partial charge on any atom is 0.344 e. The van der Waals surface area contributed by atoms with Crippen molar-refractivity contribution in [2.45, 2.75) is 112 Å². The number of hydrogen-bond acceptors (Lipinski definition) is 13. The number of aliphatic carboxylic acids is 1. The number of nitrogens with zero attached hydrogens (tertiary/aromatic N) is 3. The van der Waals surface area contributed by atoms with E-state index in [9.17, 15) is 29.7 Å². The largest absolute Gasteiger partial charge is 0.496 e. The molecular weight excluding hydrogens is 821 g/mol. The molecule has 3 fully saturated rings. The number of carboxylic acids is 1. The minimum Gasteiger partial charge on any atom is -0.496 e. The lowest BCUT2D eigenvalue weighted by Gasteiger charge is -2.63. The molecule has 1 saturated carbocycles. The van der Waals surface area contributed by atoms with Crippen LogP contribution in [-0.4, -0.2) is 144 Å². The van der Waals surface area contributed by atoms with E-state index in [1.807, 2.05) is 62.2 Å². The molecule has 1 aromatic heterocycles. The smallest absolute Gasteiger partial charge is 0.344 e. The fraction of sp³-hybridized carbons (Fsp3) is 0.592. The van der Waals surface area contributed by atoms with Crippen molar-refractivity contribution < 1.29 is 53.4 Å². The van der Waals surface area contributed by atoms with Crippen molar-refractivity contribution in [3.8, 4) is 5.75 Å². The number of aliphatic hydroxyl groups is 2. The Bertz CT molecular complexity index is 2420. The summed E-state index contributed by atoms with van der Waals surface area (Å²) in [6.07, 6.45) is 5.18. The number of aromatic amines is 1. The second kappa shape index (κ2) is 15.9. The first kappa shape index (κ1) is 44.3. The SMILES string of the molecule is CC[C@]1(O)C[C@@H]2CC[C@](C(=O)OC)(c3cc4c(cc3OC)N(C)C3[C@]45CCN4CC=C[C@](CC)(C45)[C@@H](OC(=O)CCC(=O)O)[C@]3(O)C(=O)OC)c3[nH]c4ccccc4c3CCN(C2)C1. The van der Waals surface area contributed by atoms with Crippen molar-refractivity contribution in [3.05, 3.63) is 70.9 Å². The maximum absolute atomic E-state index is 15.3. The van der Waals surface area contributed by atoms with Crippen LogP contribution in [0.15, 0.2) is 48.6 Å². The molecule has 344 valence electrons. The van der Waals surface area contributed by atoms with E-state index in [1.54, 1.807) is 7.11 Å². The number of benzene rings is 2. The van der Waals surface area contributed by atoms with Gasteiger partial charge in [0.15, 0.2) is 6.10 Å². The number of nitrogens with one attached hydrogen (secondary N) is 1. The number of likely N-dealkylation sites (N-methyl/N-ethyl adjacent to an activating group) is 1. The van der Waals surface area contributed by atoms with Crippen molar-refractivity contribution >= 4 is 40.5 Å². The van der Waals surface area contributed by atoms with Crippen LogP contribution in [-0.2, 0) is 50.6 Å². The van der Waals surface area contributed by atoms with E-state index >= 15 is 4.79 Å². The monoisotopic (exact) mass is 882 g/mol. The van der Waals surface area contributed by atoms with E-state index in [0.29, 0.717) is 88.1 Å². The summed E-state index contributed by atoms with van der Waals surface area (Å²) in [6.45, 7) is 7.19. The van der Waals surface area contributed by atoms with Crippen LogP contribution in [0.25, 0.3) is 10.9 Å². The molecule has 10 atom stereocenters. The van der Waals surface area contributed by atoms with Gasteiger partial charge in [-0.05, 0) is 80.7 Å². The van der Waals surface area contributed by atoms with Gasteiger partial charge in [-0.25, -0.2) is 4.79 Å². The fourth-order valence-electron chi connectivity index (χ4n) is 13.9. The summed E-state index contributed by atoms with van der Waals surface area (Å²) in [5.74, 6) is -2.96. The van der Waals surface area contributed by atoms with Crippen molar-refractivity contribution in [1.29, 1.82) is 0 Å². The zero-order valence-corrected chi connectivity index (χ0v) is 37.8. The van der Waals surface area contributed by atoms with Crippen LogP contribution in [0.4, 0.5) is 5.69 Å². The highest BCUT2D eigenvalue weighted by Crippen LogP contribution is 2.68. The molecule has 1 spiro atoms. The van der Waals surface area contributed by atoms with Gasteiger partial charge in [-0.15, -0.1) is 0 Å². The predicted octanol–water partition coefficient (Wildman–Crippen LogP) is 4.23. The Morgan fingerprint density at radius 2 is 1.69 bits per heavy atom. The first-order valence-corrected chi connectivity index (χ1v) is 22.8. The van der Waals surface area contributed by atoms with E-state index in [4.69, 9.17) is 18.9 Å². The number of methoxy groups -OCH3 is 3. The van der Waals surface area contributed by atoms with Crippen LogP contribution < -0.4 is 9.64 Å². The van der Waals surface area contributed by atoms with Crippen molar-refractivity contribution in [2.24, 2.45) is 11.3 Å². The van der Waals surface area contributed by atoms with Crippen LogP contribution >= 0.6 is 0 Å². The van der Waals surface area contributed by atoms with Gasteiger partial charge in [-0.1, -0.05) is 44.2 Å². The summed E-state index contributed by atoms with van der Waals surface area (Å²) in [5.41, 5.74) is -2.22. The van der Waals surface area contributed by atoms with Gasteiger partial charge >= 0.3 is 23.9 Å². The van der Waals surface area contributed by atoms with Gasteiger partial charge in [0, 0.05) is 84.0 Å². The first-order chi connectivity index (χ1) is 30.6. The Hall–Kier alpha value is -4.96. The van der Waals surface area contributed by atoms with Gasteiger partial charge in [-0.2, -0.15) is 0 Å². The number of hydrogen-bond donors (Lipinski definition) is 4. The third kappa shape index (κ3) is 6.12. The summed E-state index contributed by atoms with van der Waals surface area (Å²) in [4.78, 5) is 65.5. The molecule has 9 rings (SSSR count). The van der Waals surface area contributed by atoms with Crippen molar-refractivity contribution in [2.75, 3.05) is 66.0 Å². The minimum atomic E-state index is -2.46. The Morgan fingerprint density at radius 1 is 0.922 bits per heavy atom. The first-order valence-electron chi connectivity index (χ1n) is 22.8. The fourth-order valence-corrected chi connectivity index (χ4v) is 13.9. The number of carbonyl (C=O) groups is 4. The van der Waals surface area contributed by atoms with Crippen molar-refractivity contribution in [1.82, 2.24) is 14.8 Å². The Balaban J connectivity index is 1.31. The van der Waals surface area contributed by atoms with Gasteiger partial charge in [0.05, 0.1) is 45.8 Å². The lowest BCUT2D eigenvalue weighted by molar-refractivity contribution is -0.229. The topological polar surface area (TPSA) is 191 Å². The Kier molecular flexibility index (Phi) is 11.0. The van der Waals surface area contributed by atoms with Crippen LogP contribution in [0, 0.1) is 11.3 Å². The zero-order valence-electron chi connectivity index (χ0n) is 37.8. The summed E-state index contributed by atoms with van der Waals surface area (Å²) < 4.78 is 24.0. The van der Waals surface area contributed by atoms with Crippen LogP contribution in [0.2, 0.25) is 0 Å². The van der Waals surface area contributed by atoms with Crippen LogP contribution in [0.1, 0.15) is 87.6 Å². The number of carboxylic acid groups (broad SMARTS) is 1. The molecule has 4 N–H and O–H groups in total. The van der Waals surface area contributed by atoms with Gasteiger partial charge in [0.1, 0.15) is 11.2 Å². The molecule has 3 aromatic rings. The molecule has 15 heteroatoms. The Labute approximate surface area is 373 Å². The molecule has 6 aliphatic rings. The molecule has 1 aliphatic carbocycles. The summed E-state index contributed by atoms with van der Waals surface area (Å²) in [7, 11) is 6.01. The number of H-pyrrole nitrogens is 1. The molecular formula is C49H62N4O11. The molecule has 15 nitrogen and oxygen atoms in total. The summed E-state index contributed by atoms with van der Waals surface area (Å²) in [6, 6.07) is 10.6. The van der Waals surface area contributed by atoms with Gasteiger partial charge < -0.3 is 44.2 Å². The maximum atomic E-state index is 15.3. The van der Waals surface area contributed by atoms with E-state index in [2.05, 4.69) is 26.9 Å². The number of piperidine rings is 1. The average molecular weight is 883 g/mol. The average Bonchev–Trinajstić information content (AvgIpc) is 3.95. The predicted molar refractivity (Wildman–Crippen MR) is 236 cm³/mol. The molecule has 0 radical (unpaired) electrons. The molecule has 2 saturated heterocycles. The number of carbonyl (C=O) groups excluding carboxylic acids is 3. The number of aromatic nitrogens is 1. The highest BCUT2D eigenvalue weighted by Gasteiger charge is 2.80.